The average molecular weight is 437 g/mol. The topological polar surface area (TPSA) is 105 Å². The molecule has 0 atom stereocenters. The lowest BCUT2D eigenvalue weighted by Crippen LogP contribution is -2.08. The number of ether oxygens (including phenoxy) is 4. The van der Waals surface area contributed by atoms with Crippen molar-refractivity contribution in [3.63, 3.8) is 0 Å². The van der Waals surface area contributed by atoms with E-state index in [0.717, 1.165) is 47.0 Å². The van der Waals surface area contributed by atoms with Gasteiger partial charge in [-0.25, -0.2) is 19.2 Å². The number of hydrogen-bond donors (Lipinski definition) is 0. The zero-order valence-electron chi connectivity index (χ0n) is 13.9. The van der Waals surface area contributed by atoms with Gasteiger partial charge < -0.3 is 18.9 Å². The molecule has 0 N–H and O–H groups in total. The summed E-state index contributed by atoms with van der Waals surface area (Å²) in [5, 5.41) is 0. The largest absolute Gasteiger partial charge is 0.465 e. The van der Waals surface area contributed by atoms with Crippen molar-refractivity contribution in [3.8, 4) is 0 Å². The summed E-state index contributed by atoms with van der Waals surface area (Å²) in [7, 11) is 4.80. The number of methoxy groups -OCH3 is 4. The standard InChI is InChI=1S/C14H12O8S4/c1-19-9(15)5-6(10(16)20-2)24-13(23-5)14-25-7(11(17)21-3)8(26-14)12(18)22-4/h1-4H3. The quantitative estimate of drug-likeness (QED) is 0.476. The third-order valence-electron chi connectivity index (χ3n) is 2.84. The first kappa shape index (κ1) is 20.8. The number of hydrogen-bond acceptors (Lipinski definition) is 12. The van der Waals surface area contributed by atoms with E-state index in [1.807, 2.05) is 0 Å². The minimum absolute atomic E-state index is 0.0826. The van der Waals surface area contributed by atoms with E-state index in [2.05, 4.69) is 18.9 Å². The first-order valence-corrected chi connectivity index (χ1v) is 9.91. The van der Waals surface area contributed by atoms with Crippen molar-refractivity contribution in [2.24, 2.45) is 0 Å². The number of rotatable bonds is 4. The molecule has 0 aromatic carbocycles. The van der Waals surface area contributed by atoms with Crippen LogP contribution in [0.4, 0.5) is 0 Å². The predicted octanol–water partition coefficient (Wildman–Crippen LogP) is 2.19. The Morgan fingerprint density at radius 2 is 0.692 bits per heavy atom. The van der Waals surface area contributed by atoms with Gasteiger partial charge in [0.2, 0.25) is 0 Å². The van der Waals surface area contributed by atoms with E-state index in [1.165, 1.54) is 28.4 Å². The summed E-state index contributed by atoms with van der Waals surface area (Å²) < 4.78 is 19.8. The van der Waals surface area contributed by atoms with Crippen LogP contribution in [0, 0.1) is 0 Å². The Hall–Kier alpha value is -1.50. The van der Waals surface area contributed by atoms with Crippen molar-refractivity contribution in [1.82, 2.24) is 0 Å². The Labute approximate surface area is 165 Å². The van der Waals surface area contributed by atoms with E-state index in [1.54, 1.807) is 0 Å². The first-order valence-electron chi connectivity index (χ1n) is 6.65. The highest BCUT2D eigenvalue weighted by atomic mass is 32.2. The number of carbonyl (C=O) groups is 4. The van der Waals surface area contributed by atoms with Gasteiger partial charge in [-0.3, -0.25) is 0 Å². The summed E-state index contributed by atoms with van der Waals surface area (Å²) in [4.78, 5) is 48.0. The Bertz CT molecular complexity index is 656. The molecular formula is C14H12O8S4. The molecule has 0 bridgehead atoms. The van der Waals surface area contributed by atoms with Crippen molar-refractivity contribution in [2.45, 2.75) is 0 Å². The molecule has 0 unspecified atom stereocenters. The molecule has 2 rings (SSSR count). The van der Waals surface area contributed by atoms with Crippen LogP contribution in [0.3, 0.4) is 0 Å². The lowest BCUT2D eigenvalue weighted by atomic mass is 10.5. The van der Waals surface area contributed by atoms with E-state index < -0.39 is 23.9 Å². The molecule has 0 amide bonds. The Balaban J connectivity index is 2.37. The molecule has 26 heavy (non-hydrogen) atoms. The monoisotopic (exact) mass is 436 g/mol. The second-order valence-corrected chi connectivity index (χ2v) is 8.87. The molecule has 2 heterocycles. The summed E-state index contributed by atoms with van der Waals surface area (Å²) in [5.74, 6) is -2.72. The van der Waals surface area contributed by atoms with E-state index in [0.29, 0.717) is 8.47 Å². The lowest BCUT2D eigenvalue weighted by Gasteiger charge is -2.02. The first-order chi connectivity index (χ1) is 12.4. The third kappa shape index (κ3) is 4.08. The van der Waals surface area contributed by atoms with Crippen molar-refractivity contribution in [2.75, 3.05) is 28.4 Å². The Morgan fingerprint density at radius 3 is 0.846 bits per heavy atom. The molecule has 0 saturated heterocycles. The minimum atomic E-state index is -0.680. The molecule has 0 radical (unpaired) electrons. The maximum atomic E-state index is 11.9. The van der Waals surface area contributed by atoms with Gasteiger partial charge in [0, 0.05) is 0 Å². The van der Waals surface area contributed by atoms with E-state index in [-0.39, 0.29) is 19.6 Å². The highest BCUT2D eigenvalue weighted by Crippen LogP contribution is 2.60. The summed E-state index contributed by atoms with van der Waals surface area (Å²) in [5.41, 5.74) is 0. The highest BCUT2D eigenvalue weighted by Gasteiger charge is 2.39. The maximum Gasteiger partial charge on any atom is 0.346 e. The normalized spacial score (nSPS) is 16.8. The minimum Gasteiger partial charge on any atom is -0.465 e. The molecule has 0 fully saturated rings. The van der Waals surface area contributed by atoms with Crippen LogP contribution in [0.15, 0.2) is 28.1 Å². The van der Waals surface area contributed by atoms with Gasteiger partial charge in [-0.15, -0.1) is 0 Å². The number of carbonyl (C=O) groups excluding carboxylic acids is 4. The summed E-state index contributed by atoms with van der Waals surface area (Å²) >= 11 is 4.04. The molecule has 2 aliphatic rings. The van der Waals surface area contributed by atoms with E-state index >= 15 is 0 Å². The zero-order valence-corrected chi connectivity index (χ0v) is 17.2. The predicted molar refractivity (Wildman–Crippen MR) is 99.5 cm³/mol. The Kier molecular flexibility index (Phi) is 7.15. The molecule has 0 aromatic rings. The van der Waals surface area contributed by atoms with E-state index in [9.17, 15) is 19.2 Å². The van der Waals surface area contributed by atoms with Crippen molar-refractivity contribution >= 4 is 70.9 Å². The highest BCUT2D eigenvalue weighted by molar-refractivity contribution is 8.35. The van der Waals surface area contributed by atoms with Crippen LogP contribution in [0.2, 0.25) is 0 Å². The van der Waals surface area contributed by atoms with Crippen LogP contribution in [-0.4, -0.2) is 52.3 Å². The van der Waals surface area contributed by atoms with Crippen LogP contribution in [0.1, 0.15) is 0 Å². The lowest BCUT2D eigenvalue weighted by molar-refractivity contribution is -0.138. The third-order valence-corrected chi connectivity index (χ3v) is 8.47. The van der Waals surface area contributed by atoms with Gasteiger partial charge in [-0.05, 0) is 0 Å². The summed E-state index contributed by atoms with van der Waals surface area (Å²) in [6, 6.07) is 0. The molecule has 140 valence electrons. The molecular weight excluding hydrogens is 424 g/mol. The molecule has 8 nitrogen and oxygen atoms in total. The molecule has 0 saturated carbocycles. The van der Waals surface area contributed by atoms with Gasteiger partial charge in [0.15, 0.2) is 0 Å². The number of thioether (sulfide) groups is 4. The van der Waals surface area contributed by atoms with Gasteiger partial charge >= 0.3 is 23.9 Å². The van der Waals surface area contributed by atoms with Crippen molar-refractivity contribution < 1.29 is 38.1 Å². The molecule has 2 aliphatic heterocycles. The maximum absolute atomic E-state index is 11.9. The molecule has 0 aliphatic carbocycles. The van der Waals surface area contributed by atoms with Gasteiger partial charge in [0.25, 0.3) is 0 Å². The fourth-order valence-electron chi connectivity index (χ4n) is 1.67. The van der Waals surface area contributed by atoms with Crippen LogP contribution in [0.25, 0.3) is 0 Å². The van der Waals surface area contributed by atoms with Gasteiger partial charge in [0.05, 0.1) is 36.9 Å². The van der Waals surface area contributed by atoms with Gasteiger partial charge in [-0.2, -0.15) is 0 Å². The zero-order chi connectivity index (χ0) is 19.4. The van der Waals surface area contributed by atoms with Crippen molar-refractivity contribution in [1.29, 1.82) is 0 Å². The van der Waals surface area contributed by atoms with Gasteiger partial charge in [-0.1, -0.05) is 47.0 Å². The van der Waals surface area contributed by atoms with Crippen LogP contribution >= 0.6 is 47.0 Å². The second-order valence-electron chi connectivity index (χ2n) is 4.27. The van der Waals surface area contributed by atoms with Crippen LogP contribution in [0.5, 0.6) is 0 Å². The SMILES string of the molecule is COC(=O)C1=C(C(=O)OC)SC(=C2SC(C(=O)OC)=C(C(=O)OC)S2)S1. The average Bonchev–Trinajstić information content (AvgIpc) is 3.30. The van der Waals surface area contributed by atoms with Gasteiger partial charge in [0.1, 0.15) is 19.6 Å². The second kappa shape index (κ2) is 8.93. The smallest absolute Gasteiger partial charge is 0.346 e. The van der Waals surface area contributed by atoms with Crippen LogP contribution < -0.4 is 0 Å². The molecule has 0 aromatic heterocycles. The summed E-state index contributed by atoms with van der Waals surface area (Å²) in [6.45, 7) is 0. The molecule has 12 heteroatoms. The fourth-order valence-corrected chi connectivity index (χ4v) is 6.95. The summed E-state index contributed by atoms with van der Waals surface area (Å²) in [6.07, 6.45) is 0. The van der Waals surface area contributed by atoms with Crippen molar-refractivity contribution in [3.05, 3.63) is 28.1 Å². The van der Waals surface area contributed by atoms with Crippen LogP contribution in [-0.2, 0) is 38.1 Å². The molecule has 0 spiro atoms. The van der Waals surface area contributed by atoms with E-state index in [4.69, 9.17) is 0 Å². The number of esters is 4. The Morgan fingerprint density at radius 1 is 0.500 bits per heavy atom. The fraction of sp³-hybridized carbons (Fsp3) is 0.286.